The Morgan fingerprint density at radius 2 is 0.828 bits per heavy atom. The Bertz CT molecular complexity index is 1370. The fourth-order valence-electron chi connectivity index (χ4n) is 8.60. The van der Waals surface area contributed by atoms with Crippen LogP contribution < -0.4 is 0 Å². The number of hydrogen-bond acceptors (Lipinski definition) is 3. The molecule has 5 rings (SSSR count). The topological polar surface area (TPSA) is 38.7 Å². The second kappa shape index (κ2) is 26.9. The van der Waals surface area contributed by atoms with Crippen molar-refractivity contribution in [1.82, 2.24) is 15.0 Å². The minimum absolute atomic E-state index is 0.491. The summed E-state index contributed by atoms with van der Waals surface area (Å²) in [6.45, 7) is 45.1. The number of hydrogen-bond donors (Lipinski definition) is 0. The highest BCUT2D eigenvalue weighted by Gasteiger charge is 2.31. The molecule has 0 aliphatic heterocycles. The molecule has 3 heteroatoms. The summed E-state index contributed by atoms with van der Waals surface area (Å²) in [4.78, 5) is 12.7. The molecule has 0 saturated heterocycles. The van der Waals surface area contributed by atoms with Gasteiger partial charge in [0.25, 0.3) is 0 Å². The third-order valence-electron chi connectivity index (χ3n) is 11.8. The van der Waals surface area contributed by atoms with E-state index in [4.69, 9.17) is 0 Å². The molecule has 1 aromatic carbocycles. The van der Waals surface area contributed by atoms with E-state index in [9.17, 15) is 0 Å². The first kappa shape index (κ1) is 52.9. The molecule has 2 atom stereocenters. The number of pyridine rings is 1. The first-order chi connectivity index (χ1) is 27.1. The molecule has 0 bridgehead atoms. The van der Waals surface area contributed by atoms with Gasteiger partial charge in [-0.1, -0.05) is 187 Å². The van der Waals surface area contributed by atoms with Crippen molar-refractivity contribution >= 4 is 0 Å². The molecule has 1 fully saturated rings. The van der Waals surface area contributed by atoms with Crippen LogP contribution >= 0.6 is 0 Å². The van der Waals surface area contributed by atoms with Crippen molar-refractivity contribution in [3.05, 3.63) is 112 Å². The van der Waals surface area contributed by atoms with Gasteiger partial charge in [-0.15, -0.1) is 0 Å². The largest absolute Gasteiger partial charge is 0.261 e. The van der Waals surface area contributed by atoms with Crippen LogP contribution in [-0.4, -0.2) is 15.0 Å². The van der Waals surface area contributed by atoms with Gasteiger partial charge in [0.15, 0.2) is 0 Å². The predicted molar refractivity (Wildman–Crippen MR) is 258 cm³/mol. The average Bonchev–Trinajstić information content (AvgIpc) is 3.88. The van der Waals surface area contributed by atoms with E-state index >= 15 is 0 Å². The van der Waals surface area contributed by atoms with Crippen molar-refractivity contribution in [2.75, 3.05) is 0 Å². The van der Waals surface area contributed by atoms with Crippen LogP contribution in [0.1, 0.15) is 233 Å². The molecule has 0 radical (unpaired) electrons. The predicted octanol–water partition coefficient (Wildman–Crippen LogP) is 17.3. The summed E-state index contributed by atoms with van der Waals surface area (Å²) in [5.74, 6) is 8.66. The van der Waals surface area contributed by atoms with E-state index in [1.165, 1.54) is 52.9 Å². The van der Waals surface area contributed by atoms with Gasteiger partial charge in [0.05, 0.1) is 0 Å². The minimum atomic E-state index is 0.491. The smallest absolute Gasteiger partial charge is 0.115 e. The van der Waals surface area contributed by atoms with E-state index in [0.29, 0.717) is 47.3 Å². The average molecular weight is 794 g/mol. The van der Waals surface area contributed by atoms with E-state index < -0.39 is 0 Å². The van der Waals surface area contributed by atoms with Gasteiger partial charge in [0.2, 0.25) is 0 Å². The molecule has 2 aromatic heterocycles. The summed E-state index contributed by atoms with van der Waals surface area (Å²) in [5, 5.41) is 0. The van der Waals surface area contributed by atoms with Crippen LogP contribution in [0.15, 0.2) is 78.4 Å². The maximum absolute atomic E-state index is 4.40. The van der Waals surface area contributed by atoms with Crippen LogP contribution in [0.2, 0.25) is 0 Å². The summed E-state index contributed by atoms with van der Waals surface area (Å²) >= 11 is 0. The highest BCUT2D eigenvalue weighted by Crippen LogP contribution is 2.41. The van der Waals surface area contributed by atoms with Crippen molar-refractivity contribution in [2.45, 2.75) is 200 Å². The zero-order valence-electron chi connectivity index (χ0n) is 41.4. The zero-order chi connectivity index (χ0) is 44.3. The van der Waals surface area contributed by atoms with Crippen LogP contribution in [-0.2, 0) is 0 Å². The Kier molecular flexibility index (Phi) is 24.6. The van der Waals surface area contributed by atoms with Gasteiger partial charge in [-0.05, 0) is 130 Å². The fourth-order valence-corrected chi connectivity index (χ4v) is 8.60. The van der Waals surface area contributed by atoms with Crippen molar-refractivity contribution in [1.29, 1.82) is 0 Å². The van der Waals surface area contributed by atoms with E-state index in [-0.39, 0.29) is 0 Å². The van der Waals surface area contributed by atoms with Crippen LogP contribution in [0.4, 0.5) is 0 Å². The molecule has 0 N–H and O–H groups in total. The van der Waals surface area contributed by atoms with Gasteiger partial charge in [0, 0.05) is 23.8 Å². The monoisotopic (exact) mass is 794 g/mol. The Morgan fingerprint density at radius 1 is 0.431 bits per heavy atom. The third-order valence-corrected chi connectivity index (χ3v) is 11.8. The molecule has 2 aliphatic carbocycles. The number of nitrogens with zero attached hydrogens (tertiary/aromatic N) is 3. The third kappa shape index (κ3) is 17.6. The van der Waals surface area contributed by atoms with Crippen molar-refractivity contribution in [3.63, 3.8) is 0 Å². The molecule has 2 heterocycles. The van der Waals surface area contributed by atoms with Crippen LogP contribution in [0.3, 0.4) is 0 Å². The normalized spacial score (nSPS) is 16.4. The number of benzene rings is 1. The van der Waals surface area contributed by atoms with Gasteiger partial charge in [0.1, 0.15) is 6.33 Å². The van der Waals surface area contributed by atoms with Gasteiger partial charge >= 0.3 is 0 Å². The summed E-state index contributed by atoms with van der Waals surface area (Å²) in [6, 6.07) is 12.9. The van der Waals surface area contributed by atoms with Crippen molar-refractivity contribution in [2.24, 2.45) is 35.5 Å². The lowest BCUT2D eigenvalue weighted by molar-refractivity contribution is 0.235. The highest BCUT2D eigenvalue weighted by atomic mass is 14.8. The van der Waals surface area contributed by atoms with E-state index in [0.717, 1.165) is 30.1 Å². The van der Waals surface area contributed by atoms with Crippen LogP contribution in [0.5, 0.6) is 0 Å². The number of allylic oxidation sites excluding steroid dienone is 4. The minimum Gasteiger partial charge on any atom is -0.261 e. The zero-order valence-corrected chi connectivity index (χ0v) is 41.4. The molecular weight excluding hydrogens is 703 g/mol. The van der Waals surface area contributed by atoms with Crippen molar-refractivity contribution in [3.8, 4) is 0 Å². The lowest BCUT2D eigenvalue weighted by atomic mass is 9.80. The first-order valence-electron chi connectivity index (χ1n) is 23.4. The van der Waals surface area contributed by atoms with E-state index in [2.05, 4.69) is 196 Å². The van der Waals surface area contributed by atoms with Crippen LogP contribution in [0.25, 0.3) is 0 Å². The Labute approximate surface area is 360 Å². The lowest BCUT2D eigenvalue weighted by Gasteiger charge is -2.26. The highest BCUT2D eigenvalue weighted by molar-refractivity contribution is 5.39. The standard InChI is InChI=1S/C12H18.C11H17N.C11H22.C11H18.C10H16N2/c1-9(2)11-7-5-6-8-12(11)10(3)4;1-8(2)10-6-5-7-12-11(10)9(3)4;2*1-8(2)10-6-5-7-11(10)9(3)4;1-7(2)9-5-11-6-12-10(9)8(3)4/h5-10H,1-4H3;5-9H,1-4H3;8-11H,5-7H2,1-4H3;6-9H,5H2,1-4H3;5-8H,1-4H3. The Balaban J connectivity index is 0.000000363. The first-order valence-corrected chi connectivity index (χ1v) is 23.4. The second-order valence-corrected chi connectivity index (χ2v) is 20.0. The summed E-state index contributed by atoms with van der Waals surface area (Å²) < 4.78 is 0. The van der Waals surface area contributed by atoms with Gasteiger partial charge in [-0.2, -0.15) is 0 Å². The Morgan fingerprint density at radius 3 is 1.16 bits per heavy atom. The van der Waals surface area contributed by atoms with Crippen LogP contribution in [0, 0.1) is 35.5 Å². The molecule has 0 amide bonds. The van der Waals surface area contributed by atoms with E-state index in [1.54, 1.807) is 17.5 Å². The molecule has 2 aliphatic rings. The number of rotatable bonds is 10. The lowest BCUT2D eigenvalue weighted by Crippen LogP contribution is -2.18. The summed E-state index contributed by atoms with van der Waals surface area (Å²) in [6.07, 6.45) is 15.8. The number of aromatic nitrogens is 3. The molecule has 0 spiro atoms. The molecule has 3 nitrogen and oxygen atoms in total. The van der Waals surface area contributed by atoms with E-state index in [1.807, 2.05) is 18.5 Å². The molecule has 1 saturated carbocycles. The molecule has 326 valence electrons. The molecule has 3 aromatic rings. The molecule has 2 unspecified atom stereocenters. The molecule has 58 heavy (non-hydrogen) atoms. The maximum Gasteiger partial charge on any atom is 0.115 e. The second-order valence-electron chi connectivity index (χ2n) is 20.0. The maximum atomic E-state index is 4.40. The van der Waals surface area contributed by atoms with Gasteiger partial charge < -0.3 is 0 Å². The summed E-state index contributed by atoms with van der Waals surface area (Å²) in [5.41, 5.74) is 11.2. The molecular formula is C55H91N3. The van der Waals surface area contributed by atoms with Crippen molar-refractivity contribution < 1.29 is 0 Å². The SMILES string of the molecule is CC(C)C1=CCC=C1C(C)C.CC(C)C1CCCC1C(C)C.CC(C)c1ccccc1C(C)C.CC(C)c1cccnc1C(C)C.CC(C)c1cncnc1C(C)C. The fraction of sp³-hybridized carbons (Fsp3) is 0.655. The van der Waals surface area contributed by atoms with Gasteiger partial charge in [-0.25, -0.2) is 9.97 Å². The quantitative estimate of drug-likeness (QED) is 0.205. The van der Waals surface area contributed by atoms with Gasteiger partial charge in [-0.3, -0.25) is 4.98 Å². The summed E-state index contributed by atoms with van der Waals surface area (Å²) in [7, 11) is 0. The Hall–Kier alpha value is -3.07.